The molecule has 0 aliphatic heterocycles. The lowest BCUT2D eigenvalue weighted by Gasteiger charge is -2.18. The lowest BCUT2D eigenvalue weighted by Crippen LogP contribution is -2.43. The van der Waals surface area contributed by atoms with Crippen LogP contribution in [0.1, 0.15) is 51.9 Å². The number of allylic oxidation sites excluding steroid dienone is 1. The highest BCUT2D eigenvalue weighted by molar-refractivity contribution is 5.85. The normalized spacial score (nSPS) is 19.4. The van der Waals surface area contributed by atoms with Crippen LogP contribution in [0.15, 0.2) is 12.2 Å². The minimum atomic E-state index is -0.963. The van der Waals surface area contributed by atoms with Crippen LogP contribution in [0.2, 0.25) is 0 Å². The third kappa shape index (κ3) is 4.90. The quantitative estimate of drug-likeness (QED) is 0.584. The molecule has 4 heteroatoms. The topological polar surface area (TPSA) is 66.4 Å². The molecule has 0 spiro atoms. The van der Waals surface area contributed by atoms with Crippen LogP contribution in [-0.4, -0.2) is 23.0 Å². The van der Waals surface area contributed by atoms with Crippen LogP contribution >= 0.6 is 0 Å². The molecule has 0 heterocycles. The molecule has 0 radical (unpaired) electrons. The highest BCUT2D eigenvalue weighted by Crippen LogP contribution is 2.23. The number of amides is 1. The van der Waals surface area contributed by atoms with Crippen LogP contribution in [0.25, 0.3) is 0 Å². The van der Waals surface area contributed by atoms with Crippen LogP contribution < -0.4 is 5.32 Å². The van der Waals surface area contributed by atoms with Crippen molar-refractivity contribution in [2.45, 2.75) is 57.9 Å². The van der Waals surface area contributed by atoms with Gasteiger partial charge in [0.2, 0.25) is 5.91 Å². The van der Waals surface area contributed by atoms with Crippen molar-refractivity contribution in [1.82, 2.24) is 5.32 Å². The van der Waals surface area contributed by atoms with Crippen molar-refractivity contribution in [1.29, 1.82) is 0 Å². The van der Waals surface area contributed by atoms with Crippen LogP contribution in [0.3, 0.4) is 0 Å². The van der Waals surface area contributed by atoms with Crippen LogP contribution in [0.4, 0.5) is 0 Å². The van der Waals surface area contributed by atoms with Gasteiger partial charge in [-0.3, -0.25) is 4.79 Å². The third-order valence-electron chi connectivity index (χ3n) is 3.45. The summed E-state index contributed by atoms with van der Waals surface area (Å²) >= 11 is 0. The van der Waals surface area contributed by atoms with Crippen molar-refractivity contribution < 1.29 is 14.7 Å². The molecule has 4 nitrogen and oxygen atoms in total. The SMILES string of the molecule is C/C=C/CC(NC(=O)C1CCCCCC1)C(=O)O. The number of hydrogen-bond acceptors (Lipinski definition) is 2. The Hall–Kier alpha value is -1.32. The van der Waals surface area contributed by atoms with Crippen LogP contribution in [0.5, 0.6) is 0 Å². The highest BCUT2D eigenvalue weighted by atomic mass is 16.4. The number of nitrogens with one attached hydrogen (secondary N) is 1. The molecule has 1 rings (SSSR count). The fourth-order valence-corrected chi connectivity index (χ4v) is 2.32. The van der Waals surface area contributed by atoms with Gasteiger partial charge in [0.05, 0.1) is 0 Å². The first-order valence-corrected chi connectivity index (χ1v) is 6.79. The maximum Gasteiger partial charge on any atom is 0.326 e. The molecule has 0 aromatic carbocycles. The van der Waals surface area contributed by atoms with Crippen molar-refractivity contribution in [3.05, 3.63) is 12.2 Å². The number of carbonyl (C=O) groups excluding carboxylic acids is 1. The van der Waals surface area contributed by atoms with E-state index in [4.69, 9.17) is 5.11 Å². The molecule has 1 aliphatic carbocycles. The van der Waals surface area contributed by atoms with Crippen LogP contribution in [-0.2, 0) is 9.59 Å². The Morgan fingerprint density at radius 2 is 1.89 bits per heavy atom. The molecule has 1 aliphatic rings. The number of rotatable bonds is 5. The molecule has 102 valence electrons. The Kier molecular flexibility index (Phi) is 6.47. The van der Waals surface area contributed by atoms with Gasteiger partial charge in [0.25, 0.3) is 0 Å². The Morgan fingerprint density at radius 3 is 2.39 bits per heavy atom. The van der Waals surface area contributed by atoms with Crippen molar-refractivity contribution in [3.8, 4) is 0 Å². The minimum absolute atomic E-state index is 0.0000406. The van der Waals surface area contributed by atoms with E-state index in [1.54, 1.807) is 12.2 Å². The highest BCUT2D eigenvalue weighted by Gasteiger charge is 2.24. The van der Waals surface area contributed by atoms with E-state index in [2.05, 4.69) is 5.32 Å². The largest absolute Gasteiger partial charge is 0.480 e. The zero-order chi connectivity index (χ0) is 13.4. The van der Waals surface area contributed by atoms with Crippen molar-refractivity contribution >= 4 is 11.9 Å². The molecule has 1 saturated carbocycles. The molecular weight excluding hydrogens is 230 g/mol. The van der Waals surface area contributed by atoms with Gasteiger partial charge in [0, 0.05) is 5.92 Å². The fraction of sp³-hybridized carbons (Fsp3) is 0.714. The van der Waals surface area contributed by atoms with Gasteiger partial charge in [0.1, 0.15) is 6.04 Å². The van der Waals surface area contributed by atoms with E-state index in [-0.39, 0.29) is 11.8 Å². The number of carboxylic acid groups (broad SMARTS) is 1. The number of aliphatic carboxylic acids is 1. The second kappa shape index (κ2) is 7.90. The third-order valence-corrected chi connectivity index (χ3v) is 3.45. The summed E-state index contributed by atoms with van der Waals surface area (Å²) in [5.74, 6) is -1.05. The van der Waals surface area contributed by atoms with E-state index in [0.717, 1.165) is 25.7 Å². The summed E-state index contributed by atoms with van der Waals surface area (Å²) in [4.78, 5) is 23.1. The monoisotopic (exact) mass is 253 g/mol. The van der Waals surface area contributed by atoms with E-state index in [9.17, 15) is 9.59 Å². The fourth-order valence-electron chi connectivity index (χ4n) is 2.32. The van der Waals surface area contributed by atoms with Crippen molar-refractivity contribution in [2.24, 2.45) is 5.92 Å². The predicted octanol–water partition coefficient (Wildman–Crippen LogP) is 2.49. The predicted molar refractivity (Wildman–Crippen MR) is 70.2 cm³/mol. The lowest BCUT2D eigenvalue weighted by molar-refractivity contribution is -0.142. The molecule has 1 atom stereocenters. The Morgan fingerprint density at radius 1 is 1.28 bits per heavy atom. The lowest BCUT2D eigenvalue weighted by atomic mass is 9.99. The van der Waals surface area contributed by atoms with Gasteiger partial charge in [-0.1, -0.05) is 37.8 Å². The summed E-state index contributed by atoms with van der Waals surface area (Å²) in [6.45, 7) is 1.84. The van der Waals surface area contributed by atoms with Crippen molar-refractivity contribution in [3.63, 3.8) is 0 Å². The van der Waals surface area contributed by atoms with Gasteiger partial charge in [-0.25, -0.2) is 4.79 Å². The molecule has 0 bridgehead atoms. The van der Waals surface area contributed by atoms with Gasteiger partial charge >= 0.3 is 5.97 Å². The second-order valence-corrected chi connectivity index (χ2v) is 4.89. The molecule has 1 amide bonds. The van der Waals surface area contributed by atoms with Gasteiger partial charge < -0.3 is 10.4 Å². The first-order chi connectivity index (χ1) is 8.65. The Bertz CT molecular complexity index is 304. The molecule has 18 heavy (non-hydrogen) atoms. The van der Waals surface area contributed by atoms with E-state index in [1.807, 2.05) is 6.92 Å². The molecular formula is C14H23NO3. The maximum atomic E-state index is 12.0. The number of carbonyl (C=O) groups is 2. The van der Waals surface area contributed by atoms with E-state index >= 15 is 0 Å². The summed E-state index contributed by atoms with van der Waals surface area (Å²) in [6.07, 6.45) is 10.2. The zero-order valence-electron chi connectivity index (χ0n) is 11.0. The summed E-state index contributed by atoms with van der Waals surface area (Å²) in [5, 5.41) is 11.7. The average molecular weight is 253 g/mol. The minimum Gasteiger partial charge on any atom is -0.480 e. The summed E-state index contributed by atoms with van der Waals surface area (Å²) in [7, 11) is 0. The maximum absolute atomic E-state index is 12.0. The summed E-state index contributed by atoms with van der Waals surface area (Å²) in [6, 6.07) is -0.794. The second-order valence-electron chi connectivity index (χ2n) is 4.89. The first-order valence-electron chi connectivity index (χ1n) is 6.79. The smallest absolute Gasteiger partial charge is 0.326 e. The van der Waals surface area contributed by atoms with Crippen LogP contribution in [0, 0.1) is 5.92 Å². The van der Waals surface area contributed by atoms with Crippen molar-refractivity contribution in [2.75, 3.05) is 0 Å². The van der Waals surface area contributed by atoms with Gasteiger partial charge in [-0.05, 0) is 26.2 Å². The molecule has 0 aromatic rings. The molecule has 1 fully saturated rings. The molecule has 0 saturated heterocycles. The van der Waals surface area contributed by atoms with Gasteiger partial charge in [-0.2, -0.15) is 0 Å². The Labute approximate surface area is 108 Å². The van der Waals surface area contributed by atoms with E-state index in [0.29, 0.717) is 6.42 Å². The van der Waals surface area contributed by atoms with Gasteiger partial charge in [0.15, 0.2) is 0 Å². The van der Waals surface area contributed by atoms with E-state index < -0.39 is 12.0 Å². The standard InChI is InChI=1S/C14H23NO3/c1-2-3-10-12(14(17)18)15-13(16)11-8-6-4-5-7-9-11/h2-3,11-12H,4-10H2,1H3,(H,15,16)(H,17,18)/b3-2+. The first kappa shape index (κ1) is 14.7. The average Bonchev–Trinajstić information content (AvgIpc) is 2.62. The van der Waals surface area contributed by atoms with Gasteiger partial charge in [-0.15, -0.1) is 0 Å². The number of carboxylic acids is 1. The Balaban J connectivity index is 2.51. The summed E-state index contributed by atoms with van der Waals surface area (Å²) < 4.78 is 0. The molecule has 0 aromatic heterocycles. The summed E-state index contributed by atoms with van der Waals surface area (Å²) in [5.41, 5.74) is 0. The van der Waals surface area contributed by atoms with E-state index in [1.165, 1.54) is 12.8 Å². The number of hydrogen-bond donors (Lipinski definition) is 2. The zero-order valence-corrected chi connectivity index (χ0v) is 11.0. The molecule has 2 N–H and O–H groups in total. The molecule has 1 unspecified atom stereocenters.